The minimum Gasteiger partial charge on any atom is -0.328 e. The van der Waals surface area contributed by atoms with Crippen LogP contribution in [0.4, 0.5) is 0 Å². The Labute approximate surface area is 152 Å². The van der Waals surface area contributed by atoms with Crippen molar-refractivity contribution in [3.05, 3.63) is 101 Å². The van der Waals surface area contributed by atoms with Crippen LogP contribution in [0.1, 0.15) is 34.5 Å². The lowest BCUT2D eigenvalue weighted by molar-refractivity contribution is 0.0717. The zero-order chi connectivity index (χ0) is 17.6. The summed E-state index contributed by atoms with van der Waals surface area (Å²) in [6, 6.07) is 23.3. The normalized spacial score (nSPS) is 10.7. The summed E-state index contributed by atoms with van der Waals surface area (Å²) in [5, 5.41) is 0.317. The summed E-state index contributed by atoms with van der Waals surface area (Å²) in [7, 11) is 0. The monoisotopic (exact) mass is 350 g/mol. The van der Waals surface area contributed by atoms with E-state index in [4.69, 9.17) is 11.6 Å². The Morgan fingerprint density at radius 3 is 2.04 bits per heavy atom. The predicted octanol–water partition coefficient (Wildman–Crippen LogP) is 4.99. The molecule has 0 N–H and O–H groups in total. The highest BCUT2D eigenvalue weighted by molar-refractivity contribution is 6.29. The van der Waals surface area contributed by atoms with E-state index in [1.165, 1.54) is 0 Å². The van der Waals surface area contributed by atoms with Crippen LogP contribution < -0.4 is 0 Å². The fourth-order valence-electron chi connectivity index (χ4n) is 2.97. The SMILES string of the molecule is CCN(C(=O)c1ccnc(Cl)c1)C(c1ccccc1)c1ccccc1. The molecule has 2 aromatic carbocycles. The molecule has 0 unspecified atom stereocenters. The van der Waals surface area contributed by atoms with Crippen molar-refractivity contribution >= 4 is 17.5 Å². The van der Waals surface area contributed by atoms with Gasteiger partial charge in [-0.3, -0.25) is 4.79 Å². The van der Waals surface area contributed by atoms with Crippen LogP contribution in [0.2, 0.25) is 5.15 Å². The molecule has 1 heterocycles. The van der Waals surface area contributed by atoms with E-state index in [1.54, 1.807) is 18.3 Å². The van der Waals surface area contributed by atoms with Crippen molar-refractivity contribution in [1.82, 2.24) is 9.88 Å². The molecule has 0 atom stereocenters. The van der Waals surface area contributed by atoms with E-state index in [0.717, 1.165) is 11.1 Å². The second-order valence-electron chi connectivity index (χ2n) is 5.68. The van der Waals surface area contributed by atoms with Crippen molar-refractivity contribution in [2.75, 3.05) is 6.54 Å². The van der Waals surface area contributed by atoms with Crippen molar-refractivity contribution < 1.29 is 4.79 Å². The first-order valence-corrected chi connectivity index (χ1v) is 8.61. The fraction of sp³-hybridized carbons (Fsp3) is 0.143. The maximum atomic E-state index is 13.2. The van der Waals surface area contributed by atoms with Crippen LogP contribution in [0.15, 0.2) is 79.0 Å². The maximum Gasteiger partial charge on any atom is 0.254 e. The van der Waals surface area contributed by atoms with Crippen LogP contribution in [0.5, 0.6) is 0 Å². The standard InChI is InChI=1S/C21H19ClN2O/c1-2-24(21(25)18-13-14-23-19(22)15-18)20(16-9-5-3-6-10-16)17-11-7-4-8-12-17/h3-15,20H,2H2,1H3. The number of halogens is 1. The molecule has 0 aliphatic carbocycles. The number of amides is 1. The zero-order valence-corrected chi connectivity index (χ0v) is 14.7. The van der Waals surface area contributed by atoms with Gasteiger partial charge in [-0.1, -0.05) is 72.3 Å². The van der Waals surface area contributed by atoms with Crippen molar-refractivity contribution in [1.29, 1.82) is 0 Å². The maximum absolute atomic E-state index is 13.2. The first kappa shape index (κ1) is 17.2. The molecule has 0 saturated heterocycles. The molecule has 0 saturated carbocycles. The van der Waals surface area contributed by atoms with E-state index < -0.39 is 0 Å². The third-order valence-corrected chi connectivity index (χ3v) is 4.32. The third-order valence-electron chi connectivity index (χ3n) is 4.12. The Balaban J connectivity index is 2.05. The molecule has 0 aliphatic heterocycles. The van der Waals surface area contributed by atoms with Crippen LogP contribution in [0, 0.1) is 0 Å². The number of aromatic nitrogens is 1. The van der Waals surface area contributed by atoms with Crippen LogP contribution in [0.3, 0.4) is 0 Å². The van der Waals surface area contributed by atoms with Gasteiger partial charge in [-0.05, 0) is 30.2 Å². The molecule has 25 heavy (non-hydrogen) atoms. The van der Waals surface area contributed by atoms with E-state index in [1.807, 2.05) is 72.5 Å². The molecule has 1 amide bonds. The minimum absolute atomic E-state index is 0.0653. The predicted molar refractivity (Wildman–Crippen MR) is 101 cm³/mol. The molecule has 126 valence electrons. The average molecular weight is 351 g/mol. The Morgan fingerprint density at radius 2 is 1.56 bits per heavy atom. The van der Waals surface area contributed by atoms with Gasteiger partial charge in [0, 0.05) is 18.3 Å². The molecule has 1 aromatic heterocycles. The van der Waals surface area contributed by atoms with Crippen molar-refractivity contribution in [3.8, 4) is 0 Å². The summed E-state index contributed by atoms with van der Waals surface area (Å²) in [4.78, 5) is 19.0. The van der Waals surface area contributed by atoms with Gasteiger partial charge < -0.3 is 4.90 Å². The molecule has 3 rings (SSSR count). The summed E-state index contributed by atoms with van der Waals surface area (Å²) >= 11 is 5.97. The van der Waals surface area contributed by atoms with Crippen LogP contribution in [-0.2, 0) is 0 Å². The summed E-state index contributed by atoms with van der Waals surface area (Å²) in [5.74, 6) is -0.0653. The van der Waals surface area contributed by atoms with Gasteiger partial charge in [0.25, 0.3) is 5.91 Å². The number of carbonyl (C=O) groups is 1. The van der Waals surface area contributed by atoms with Crippen molar-refractivity contribution in [2.24, 2.45) is 0 Å². The van der Waals surface area contributed by atoms with Crippen molar-refractivity contribution in [3.63, 3.8) is 0 Å². The third kappa shape index (κ3) is 3.89. The molecule has 3 aromatic rings. The number of pyridine rings is 1. The largest absolute Gasteiger partial charge is 0.328 e. The number of rotatable bonds is 5. The number of benzene rings is 2. The Morgan fingerprint density at radius 1 is 1.00 bits per heavy atom. The lowest BCUT2D eigenvalue weighted by Crippen LogP contribution is -2.35. The van der Waals surface area contributed by atoms with Gasteiger partial charge in [-0.2, -0.15) is 0 Å². The van der Waals surface area contributed by atoms with E-state index >= 15 is 0 Å². The molecule has 0 aliphatic rings. The summed E-state index contributed by atoms with van der Waals surface area (Å²) < 4.78 is 0. The minimum atomic E-state index is -0.160. The van der Waals surface area contributed by atoms with Gasteiger partial charge in [-0.25, -0.2) is 4.98 Å². The molecule has 4 heteroatoms. The second kappa shape index (κ2) is 7.95. The lowest BCUT2D eigenvalue weighted by atomic mass is 9.96. The Bertz CT molecular complexity index is 797. The van der Waals surface area contributed by atoms with Gasteiger partial charge in [-0.15, -0.1) is 0 Å². The van der Waals surface area contributed by atoms with Gasteiger partial charge in [0.05, 0.1) is 6.04 Å². The van der Waals surface area contributed by atoms with E-state index in [2.05, 4.69) is 4.98 Å². The second-order valence-corrected chi connectivity index (χ2v) is 6.07. The smallest absolute Gasteiger partial charge is 0.254 e. The highest BCUT2D eigenvalue weighted by atomic mass is 35.5. The molecule has 0 fully saturated rings. The van der Waals surface area contributed by atoms with Gasteiger partial charge in [0.1, 0.15) is 5.15 Å². The van der Waals surface area contributed by atoms with Gasteiger partial charge >= 0.3 is 0 Å². The highest BCUT2D eigenvalue weighted by Gasteiger charge is 2.26. The average Bonchev–Trinajstić information content (AvgIpc) is 2.67. The molecular weight excluding hydrogens is 332 g/mol. The quantitative estimate of drug-likeness (QED) is 0.607. The summed E-state index contributed by atoms with van der Waals surface area (Å²) in [6.07, 6.45) is 1.56. The molecular formula is C21H19ClN2O. The Kier molecular flexibility index (Phi) is 5.46. The number of hydrogen-bond donors (Lipinski definition) is 0. The van der Waals surface area contributed by atoms with Crippen LogP contribution in [-0.4, -0.2) is 22.3 Å². The number of hydrogen-bond acceptors (Lipinski definition) is 2. The topological polar surface area (TPSA) is 33.2 Å². The van der Waals surface area contributed by atoms with E-state index in [9.17, 15) is 4.79 Å². The summed E-state index contributed by atoms with van der Waals surface area (Å²) in [6.45, 7) is 2.56. The van der Waals surface area contributed by atoms with Crippen molar-refractivity contribution in [2.45, 2.75) is 13.0 Å². The first-order chi connectivity index (χ1) is 12.2. The van der Waals surface area contributed by atoms with Gasteiger partial charge in [0.2, 0.25) is 0 Å². The van der Waals surface area contributed by atoms with E-state index in [0.29, 0.717) is 17.3 Å². The molecule has 3 nitrogen and oxygen atoms in total. The van der Waals surface area contributed by atoms with Crippen LogP contribution >= 0.6 is 11.6 Å². The summed E-state index contributed by atoms with van der Waals surface area (Å²) in [5.41, 5.74) is 2.69. The highest BCUT2D eigenvalue weighted by Crippen LogP contribution is 2.30. The molecule has 0 radical (unpaired) electrons. The van der Waals surface area contributed by atoms with Crippen LogP contribution in [0.25, 0.3) is 0 Å². The molecule has 0 bridgehead atoms. The lowest BCUT2D eigenvalue weighted by Gasteiger charge is -2.32. The van der Waals surface area contributed by atoms with Gasteiger partial charge in [0.15, 0.2) is 0 Å². The number of carbonyl (C=O) groups excluding carboxylic acids is 1. The first-order valence-electron chi connectivity index (χ1n) is 8.23. The number of nitrogens with zero attached hydrogens (tertiary/aromatic N) is 2. The molecule has 0 spiro atoms. The Hall–Kier alpha value is -2.65. The zero-order valence-electron chi connectivity index (χ0n) is 14.0. The fourth-order valence-corrected chi connectivity index (χ4v) is 3.14. The van der Waals surface area contributed by atoms with E-state index in [-0.39, 0.29) is 11.9 Å².